The standard InChI is InChI=1S/C25H26F3N7O3S/c26-25(27,28)22(13-1-2-13)32-24-20-15-4-3-14(11-18(15)31-21(20)16(12-30-24)23(29)36)17-5-6-19(34-33-17)35-7-9-39(37,38)10-8-35/h3-6,11-13,22,31,37-38H,1-2,7-10H2,(H2,29,36)(H,30,32)/t22-/m1/s1. The van der Waals surface area contributed by atoms with Crippen molar-refractivity contribution in [2.24, 2.45) is 11.7 Å². The Labute approximate surface area is 222 Å². The molecule has 6 rings (SSSR count). The maximum atomic E-state index is 13.8. The number of carbonyl (C=O) groups excluding carboxylic acids is 1. The number of alkyl halides is 3. The van der Waals surface area contributed by atoms with Crippen LogP contribution in [0.5, 0.6) is 0 Å². The van der Waals surface area contributed by atoms with E-state index in [2.05, 4.69) is 25.5 Å². The third-order valence-corrected chi connectivity index (χ3v) is 8.95. The number of anilines is 2. The number of primary amides is 1. The second kappa shape index (κ2) is 9.24. The summed E-state index contributed by atoms with van der Waals surface area (Å²) >= 11 is 0. The van der Waals surface area contributed by atoms with Crippen LogP contribution in [0.25, 0.3) is 33.1 Å². The van der Waals surface area contributed by atoms with Crippen molar-refractivity contribution in [2.75, 3.05) is 34.8 Å². The van der Waals surface area contributed by atoms with Crippen LogP contribution in [0.3, 0.4) is 0 Å². The molecule has 206 valence electrons. The molecule has 0 radical (unpaired) electrons. The zero-order chi connectivity index (χ0) is 27.5. The van der Waals surface area contributed by atoms with Crippen molar-refractivity contribution < 1.29 is 27.1 Å². The van der Waals surface area contributed by atoms with Gasteiger partial charge in [-0.1, -0.05) is 12.1 Å². The van der Waals surface area contributed by atoms with E-state index in [1.165, 1.54) is 6.20 Å². The molecule has 39 heavy (non-hydrogen) atoms. The molecule has 1 saturated carbocycles. The van der Waals surface area contributed by atoms with Gasteiger partial charge in [0.2, 0.25) is 0 Å². The molecule has 1 atom stereocenters. The number of nitrogens with one attached hydrogen (secondary N) is 2. The first-order valence-corrected chi connectivity index (χ1v) is 14.3. The highest BCUT2D eigenvalue weighted by Gasteiger charge is 2.49. The largest absolute Gasteiger partial charge is 0.408 e. The van der Waals surface area contributed by atoms with Gasteiger partial charge in [0.25, 0.3) is 5.91 Å². The minimum atomic E-state index is -4.45. The molecule has 1 amide bonds. The van der Waals surface area contributed by atoms with Crippen molar-refractivity contribution in [3.05, 3.63) is 42.1 Å². The lowest BCUT2D eigenvalue weighted by molar-refractivity contribution is -0.146. The highest BCUT2D eigenvalue weighted by molar-refractivity contribution is 8.24. The summed E-state index contributed by atoms with van der Waals surface area (Å²) in [4.78, 5) is 21.4. The maximum Gasteiger partial charge on any atom is 0.408 e. The molecule has 1 saturated heterocycles. The Kier molecular flexibility index (Phi) is 6.08. The summed E-state index contributed by atoms with van der Waals surface area (Å²) in [6, 6.07) is 7.17. The second-order valence-corrected chi connectivity index (χ2v) is 12.4. The van der Waals surface area contributed by atoms with Crippen LogP contribution in [0.4, 0.5) is 24.8 Å². The molecule has 0 bridgehead atoms. The number of amides is 1. The van der Waals surface area contributed by atoms with Gasteiger partial charge in [-0.05, 0) is 37.0 Å². The van der Waals surface area contributed by atoms with Crippen molar-refractivity contribution in [3.63, 3.8) is 0 Å². The van der Waals surface area contributed by atoms with Gasteiger partial charge in [0.15, 0.2) is 5.82 Å². The molecule has 4 heterocycles. The van der Waals surface area contributed by atoms with Crippen molar-refractivity contribution >= 4 is 49.9 Å². The number of pyridine rings is 1. The van der Waals surface area contributed by atoms with E-state index in [0.29, 0.717) is 64.8 Å². The molecule has 14 heteroatoms. The molecule has 1 aliphatic carbocycles. The highest BCUT2D eigenvalue weighted by Crippen LogP contribution is 2.44. The molecule has 6 N–H and O–H groups in total. The number of hydrogen-bond acceptors (Lipinski definition) is 8. The SMILES string of the molecule is NC(=O)c1cnc(N[C@H](C2CC2)C(F)(F)F)c2c1[nH]c1cc(-c3ccc(N4CCS(O)(O)CC4)nn3)ccc12. The average Bonchev–Trinajstić information content (AvgIpc) is 3.65. The number of aromatic nitrogens is 4. The monoisotopic (exact) mass is 561 g/mol. The number of halogens is 3. The molecule has 1 aliphatic heterocycles. The van der Waals surface area contributed by atoms with E-state index in [-0.39, 0.29) is 22.9 Å². The number of hydrogen-bond donors (Lipinski definition) is 5. The van der Waals surface area contributed by atoms with Gasteiger partial charge < -0.3 is 20.9 Å². The second-order valence-electron chi connectivity index (χ2n) is 10.00. The van der Waals surface area contributed by atoms with E-state index in [9.17, 15) is 27.1 Å². The third-order valence-electron chi connectivity index (χ3n) is 7.28. The summed E-state index contributed by atoms with van der Waals surface area (Å²) in [5.74, 6) is -0.0281. The number of rotatable bonds is 6. The first-order valence-electron chi connectivity index (χ1n) is 12.4. The summed E-state index contributed by atoms with van der Waals surface area (Å²) < 4.78 is 60.9. The van der Waals surface area contributed by atoms with E-state index < -0.39 is 34.6 Å². The fourth-order valence-corrected chi connectivity index (χ4v) is 6.24. The summed E-state index contributed by atoms with van der Waals surface area (Å²) in [5.41, 5.74) is 7.77. The highest BCUT2D eigenvalue weighted by atomic mass is 32.3. The van der Waals surface area contributed by atoms with Gasteiger partial charge in [0.1, 0.15) is 11.9 Å². The molecule has 10 nitrogen and oxygen atoms in total. The van der Waals surface area contributed by atoms with Crippen LogP contribution in [0, 0.1) is 5.92 Å². The van der Waals surface area contributed by atoms with E-state index in [1.54, 1.807) is 30.3 Å². The van der Waals surface area contributed by atoms with Crippen LogP contribution < -0.4 is 16.0 Å². The Morgan fingerprint density at radius 2 is 1.90 bits per heavy atom. The summed E-state index contributed by atoms with van der Waals surface area (Å²) in [7, 11) is -2.52. The molecule has 0 unspecified atom stereocenters. The minimum Gasteiger partial charge on any atom is -0.365 e. The Morgan fingerprint density at radius 1 is 1.15 bits per heavy atom. The fraction of sp³-hybridized carbons (Fsp3) is 0.360. The molecular formula is C25H26F3N7O3S. The lowest BCUT2D eigenvalue weighted by Gasteiger charge is -2.41. The Balaban J connectivity index is 1.36. The van der Waals surface area contributed by atoms with Gasteiger partial charge in [0, 0.05) is 35.8 Å². The smallest absolute Gasteiger partial charge is 0.365 e. The van der Waals surface area contributed by atoms with Crippen LogP contribution in [0.1, 0.15) is 23.2 Å². The molecule has 2 aliphatic rings. The molecule has 2 fully saturated rings. The molecular weight excluding hydrogens is 535 g/mol. The number of nitrogens with two attached hydrogens (primary N) is 1. The quantitative estimate of drug-likeness (QED) is 0.229. The normalized spacial score (nSPS) is 19.3. The van der Waals surface area contributed by atoms with Gasteiger partial charge in [-0.2, -0.15) is 23.8 Å². The van der Waals surface area contributed by atoms with Gasteiger partial charge >= 0.3 is 6.18 Å². The predicted molar refractivity (Wildman–Crippen MR) is 144 cm³/mol. The number of benzene rings is 1. The molecule has 3 aromatic heterocycles. The third kappa shape index (κ3) is 4.94. The van der Waals surface area contributed by atoms with Crippen LogP contribution in [0.2, 0.25) is 0 Å². The van der Waals surface area contributed by atoms with Gasteiger partial charge in [0.05, 0.1) is 33.7 Å². The Hall–Kier alpha value is -3.62. The van der Waals surface area contributed by atoms with Crippen molar-refractivity contribution in [1.29, 1.82) is 0 Å². The Bertz CT molecular complexity index is 1560. The number of aromatic amines is 1. The maximum absolute atomic E-state index is 13.8. The van der Waals surface area contributed by atoms with Gasteiger partial charge in [-0.15, -0.1) is 10.2 Å². The molecule has 1 aromatic carbocycles. The van der Waals surface area contributed by atoms with E-state index in [0.717, 1.165) is 0 Å². The first-order chi connectivity index (χ1) is 18.5. The Morgan fingerprint density at radius 3 is 2.51 bits per heavy atom. The fourth-order valence-electron chi connectivity index (χ4n) is 5.01. The van der Waals surface area contributed by atoms with E-state index in [4.69, 9.17) is 5.73 Å². The topological polar surface area (TPSA) is 153 Å². The minimum absolute atomic E-state index is 0.0329. The molecule has 4 aromatic rings. The predicted octanol–water partition coefficient (Wildman–Crippen LogP) is 4.60. The van der Waals surface area contributed by atoms with Crippen molar-refractivity contribution in [3.8, 4) is 11.3 Å². The van der Waals surface area contributed by atoms with Crippen LogP contribution >= 0.6 is 10.6 Å². The summed E-state index contributed by atoms with van der Waals surface area (Å²) in [6.45, 7) is 0.944. The van der Waals surface area contributed by atoms with Crippen LogP contribution in [-0.2, 0) is 0 Å². The first kappa shape index (κ1) is 25.6. The van der Waals surface area contributed by atoms with E-state index >= 15 is 0 Å². The lowest BCUT2D eigenvalue weighted by atomic mass is 10.1. The average molecular weight is 562 g/mol. The number of nitrogens with zero attached hydrogens (tertiary/aromatic N) is 4. The number of carbonyl (C=O) groups is 1. The zero-order valence-electron chi connectivity index (χ0n) is 20.6. The van der Waals surface area contributed by atoms with Gasteiger partial charge in [-0.25, -0.2) is 4.98 Å². The van der Waals surface area contributed by atoms with Crippen LogP contribution in [-0.4, -0.2) is 72.0 Å². The summed E-state index contributed by atoms with van der Waals surface area (Å²) in [6.07, 6.45) is -2.29. The summed E-state index contributed by atoms with van der Waals surface area (Å²) in [5, 5.41) is 12.2. The van der Waals surface area contributed by atoms with Crippen LogP contribution in [0.15, 0.2) is 36.5 Å². The van der Waals surface area contributed by atoms with E-state index in [1.807, 2.05) is 4.90 Å². The van der Waals surface area contributed by atoms with Gasteiger partial charge in [-0.3, -0.25) is 13.9 Å². The number of fused-ring (bicyclic) bond motifs is 3. The lowest BCUT2D eigenvalue weighted by Crippen LogP contribution is -2.38. The number of H-pyrrole nitrogens is 1. The molecule has 0 spiro atoms. The van der Waals surface area contributed by atoms with Crippen molar-refractivity contribution in [2.45, 2.75) is 25.1 Å². The zero-order valence-corrected chi connectivity index (χ0v) is 21.4. The van der Waals surface area contributed by atoms with Crippen molar-refractivity contribution in [1.82, 2.24) is 20.2 Å².